The van der Waals surface area contributed by atoms with Crippen molar-refractivity contribution in [3.05, 3.63) is 66.0 Å². The maximum Gasteiger partial charge on any atom is 0.573 e. The van der Waals surface area contributed by atoms with Crippen LogP contribution in [0.1, 0.15) is 38.7 Å². The average Bonchev–Trinajstić information content (AvgIpc) is 3.65. The fourth-order valence-corrected chi connectivity index (χ4v) is 6.48. The van der Waals surface area contributed by atoms with Crippen molar-refractivity contribution in [1.29, 1.82) is 0 Å². The Morgan fingerprint density at radius 3 is 2.35 bits per heavy atom. The molecule has 3 atom stereocenters. The van der Waals surface area contributed by atoms with Gasteiger partial charge in [0.25, 0.3) is 6.01 Å². The summed E-state index contributed by atoms with van der Waals surface area (Å²) in [5, 5.41) is 3.40. The summed E-state index contributed by atoms with van der Waals surface area (Å²) in [5.41, 5.74) is 3.40. The predicted octanol–water partition coefficient (Wildman–Crippen LogP) is 7.79. The first-order valence-electron chi connectivity index (χ1n) is 14.6. The number of aromatic nitrogens is 1. The second kappa shape index (κ2) is 11.9. The third-order valence-corrected chi connectivity index (χ3v) is 8.15. The van der Waals surface area contributed by atoms with Crippen molar-refractivity contribution in [2.45, 2.75) is 58.1 Å². The summed E-state index contributed by atoms with van der Waals surface area (Å²) in [6.07, 6.45) is -1.86. The number of hydrogen-bond acceptors (Lipinski definition) is 7. The molecule has 0 spiro atoms. The summed E-state index contributed by atoms with van der Waals surface area (Å²) in [4.78, 5) is 6.91. The fourth-order valence-electron chi connectivity index (χ4n) is 6.48. The molecule has 2 fully saturated rings. The van der Waals surface area contributed by atoms with Crippen LogP contribution in [0.15, 0.2) is 59.0 Å². The lowest BCUT2D eigenvalue weighted by Gasteiger charge is -2.25. The Kier molecular flexibility index (Phi) is 8.09. The summed E-state index contributed by atoms with van der Waals surface area (Å²) in [6.45, 7) is 6.49. The summed E-state index contributed by atoms with van der Waals surface area (Å²) in [6, 6.07) is 15.1. The van der Waals surface area contributed by atoms with Crippen LogP contribution < -0.4 is 19.5 Å². The Balaban J connectivity index is 1.17. The van der Waals surface area contributed by atoms with Crippen LogP contribution in [0.25, 0.3) is 22.2 Å². The van der Waals surface area contributed by atoms with Gasteiger partial charge in [0.1, 0.15) is 28.6 Å². The number of nitrogens with zero attached hydrogens (tertiary/aromatic N) is 2. The van der Waals surface area contributed by atoms with Gasteiger partial charge in [-0.25, -0.2) is 4.39 Å². The molecule has 0 radical (unpaired) electrons. The van der Waals surface area contributed by atoms with Gasteiger partial charge in [-0.2, -0.15) is 4.98 Å². The van der Waals surface area contributed by atoms with Gasteiger partial charge >= 0.3 is 6.36 Å². The van der Waals surface area contributed by atoms with Gasteiger partial charge < -0.3 is 23.9 Å². The summed E-state index contributed by atoms with van der Waals surface area (Å²) >= 11 is 0. The standard InChI is InChI=1S/C32H33F4N3O4/c1-3-40-28-15-19(16-29(41-4-2)30(28)20-5-7-21(33)8-6-20)18-39-14-13-23-24(11-12-26(23)39)37-31-38-25-10-9-22(17-27(25)42-31)43-32(34,35)36/h5-10,15-17,23-24,26H,3-4,11-14,18H2,1-2H3,(H,37,38). The van der Waals surface area contributed by atoms with E-state index in [0.717, 1.165) is 49.0 Å². The predicted molar refractivity (Wildman–Crippen MR) is 154 cm³/mol. The van der Waals surface area contributed by atoms with E-state index in [4.69, 9.17) is 13.9 Å². The van der Waals surface area contributed by atoms with E-state index in [2.05, 4.69) is 32.1 Å². The van der Waals surface area contributed by atoms with Gasteiger partial charge in [-0.3, -0.25) is 4.90 Å². The van der Waals surface area contributed by atoms with Crippen molar-refractivity contribution in [2.75, 3.05) is 25.1 Å². The first-order valence-corrected chi connectivity index (χ1v) is 14.6. The maximum atomic E-state index is 13.6. The lowest BCUT2D eigenvalue weighted by molar-refractivity contribution is -0.274. The van der Waals surface area contributed by atoms with Crippen molar-refractivity contribution in [3.63, 3.8) is 0 Å². The first-order chi connectivity index (χ1) is 20.7. The van der Waals surface area contributed by atoms with E-state index in [0.29, 0.717) is 48.2 Å². The van der Waals surface area contributed by atoms with Crippen molar-refractivity contribution in [2.24, 2.45) is 5.92 Å². The van der Waals surface area contributed by atoms with E-state index >= 15 is 0 Å². The van der Waals surface area contributed by atoms with Crippen LogP contribution in [0.2, 0.25) is 0 Å². The molecule has 3 unspecified atom stereocenters. The quantitative estimate of drug-likeness (QED) is 0.187. The van der Waals surface area contributed by atoms with E-state index in [1.165, 1.54) is 30.3 Å². The molecule has 228 valence electrons. The number of halogens is 4. The lowest BCUT2D eigenvalue weighted by atomic mass is 9.99. The molecule has 1 aromatic heterocycles. The smallest absolute Gasteiger partial charge is 0.493 e. The zero-order valence-corrected chi connectivity index (χ0v) is 23.9. The van der Waals surface area contributed by atoms with Crippen LogP contribution in [0.4, 0.5) is 23.6 Å². The highest BCUT2D eigenvalue weighted by atomic mass is 19.4. The molecule has 6 rings (SSSR count). The topological polar surface area (TPSA) is 69.0 Å². The van der Waals surface area contributed by atoms with Crippen molar-refractivity contribution in [3.8, 4) is 28.4 Å². The molecule has 4 aromatic rings. The van der Waals surface area contributed by atoms with E-state index in [9.17, 15) is 17.6 Å². The minimum atomic E-state index is -4.78. The number of ether oxygens (including phenoxy) is 3. The molecule has 11 heteroatoms. The van der Waals surface area contributed by atoms with Crippen molar-refractivity contribution in [1.82, 2.24) is 9.88 Å². The molecule has 1 saturated heterocycles. The fraction of sp³-hybridized carbons (Fsp3) is 0.406. The van der Waals surface area contributed by atoms with Crippen LogP contribution in [0.5, 0.6) is 17.2 Å². The molecule has 7 nitrogen and oxygen atoms in total. The van der Waals surface area contributed by atoms with Gasteiger partial charge in [0.05, 0.1) is 18.8 Å². The maximum absolute atomic E-state index is 13.6. The number of oxazole rings is 1. The average molecular weight is 600 g/mol. The molecule has 1 saturated carbocycles. The highest BCUT2D eigenvalue weighted by Gasteiger charge is 2.44. The Bertz CT molecular complexity index is 1550. The van der Waals surface area contributed by atoms with Crippen LogP contribution in [-0.4, -0.2) is 48.1 Å². The van der Waals surface area contributed by atoms with Gasteiger partial charge in [0, 0.05) is 24.7 Å². The molecule has 0 bridgehead atoms. The zero-order valence-electron chi connectivity index (χ0n) is 23.9. The lowest BCUT2D eigenvalue weighted by Crippen LogP contribution is -2.32. The van der Waals surface area contributed by atoms with Gasteiger partial charge in [-0.1, -0.05) is 12.1 Å². The van der Waals surface area contributed by atoms with Crippen molar-refractivity contribution < 1.29 is 36.2 Å². The van der Waals surface area contributed by atoms with Gasteiger partial charge in [-0.05, 0) is 93.1 Å². The second-order valence-electron chi connectivity index (χ2n) is 10.9. The van der Waals surface area contributed by atoms with E-state index in [1.54, 1.807) is 12.1 Å². The number of likely N-dealkylation sites (tertiary alicyclic amines) is 1. The highest BCUT2D eigenvalue weighted by molar-refractivity contribution is 5.78. The van der Waals surface area contributed by atoms with Crippen LogP contribution in [0, 0.1) is 11.7 Å². The molecule has 2 heterocycles. The van der Waals surface area contributed by atoms with Crippen LogP contribution >= 0.6 is 0 Å². The monoisotopic (exact) mass is 599 g/mol. The molecule has 1 aliphatic heterocycles. The van der Waals surface area contributed by atoms with Crippen LogP contribution in [-0.2, 0) is 6.54 Å². The molecular formula is C32H33F4N3O4. The Morgan fingerprint density at radius 2 is 1.67 bits per heavy atom. The van der Waals surface area contributed by atoms with Gasteiger partial charge in [0.15, 0.2) is 5.58 Å². The molecule has 0 amide bonds. The summed E-state index contributed by atoms with van der Waals surface area (Å²) in [5.74, 6) is 1.13. The van der Waals surface area contributed by atoms with E-state index in [1.807, 2.05) is 13.8 Å². The van der Waals surface area contributed by atoms with Gasteiger partial charge in [-0.15, -0.1) is 13.2 Å². The summed E-state index contributed by atoms with van der Waals surface area (Å²) in [7, 11) is 0. The van der Waals surface area contributed by atoms with Crippen LogP contribution in [0.3, 0.4) is 0 Å². The highest BCUT2D eigenvalue weighted by Crippen LogP contribution is 2.43. The molecule has 3 aromatic carbocycles. The second-order valence-corrected chi connectivity index (χ2v) is 10.9. The Labute approximate surface area is 246 Å². The van der Waals surface area contributed by atoms with Crippen molar-refractivity contribution >= 4 is 17.1 Å². The van der Waals surface area contributed by atoms with E-state index < -0.39 is 6.36 Å². The summed E-state index contributed by atoms with van der Waals surface area (Å²) < 4.78 is 73.3. The molecule has 1 N–H and O–H groups in total. The molecular weight excluding hydrogens is 566 g/mol. The normalized spacial score (nSPS) is 20.4. The molecule has 1 aliphatic carbocycles. The molecule has 2 aliphatic rings. The zero-order chi connectivity index (χ0) is 30.1. The Morgan fingerprint density at radius 1 is 0.953 bits per heavy atom. The Hall–Kier alpha value is -3.99. The minimum absolute atomic E-state index is 0.132. The van der Waals surface area contributed by atoms with E-state index in [-0.39, 0.29) is 23.2 Å². The number of alkyl halides is 3. The SMILES string of the molecule is CCOc1cc(CN2CCC3C(Nc4nc5ccc(OC(F)(F)F)cc5o4)CCC32)cc(OCC)c1-c1ccc(F)cc1. The minimum Gasteiger partial charge on any atom is -0.493 e. The largest absolute Gasteiger partial charge is 0.573 e. The third-order valence-electron chi connectivity index (χ3n) is 8.15. The first kappa shape index (κ1) is 29.1. The van der Waals surface area contributed by atoms with Gasteiger partial charge in [0.2, 0.25) is 0 Å². The number of fused-ring (bicyclic) bond motifs is 2. The number of rotatable bonds is 10. The number of anilines is 1. The number of hydrogen-bond donors (Lipinski definition) is 1. The third kappa shape index (κ3) is 6.36. The number of benzene rings is 3. The molecule has 43 heavy (non-hydrogen) atoms. The number of nitrogens with one attached hydrogen (secondary N) is 1.